The molecule has 0 saturated carbocycles. The van der Waals surface area contributed by atoms with E-state index in [1.165, 1.54) is 0 Å². The first-order chi connectivity index (χ1) is 12.8. The Morgan fingerprint density at radius 3 is 2.15 bits per heavy atom. The van der Waals surface area contributed by atoms with Crippen LogP contribution in [0.3, 0.4) is 0 Å². The summed E-state index contributed by atoms with van der Waals surface area (Å²) in [6.07, 6.45) is 4.24. The molecule has 1 aliphatic heterocycles. The number of esters is 1. The Balaban J connectivity index is 1.74. The molecule has 0 aromatic heterocycles. The summed E-state index contributed by atoms with van der Waals surface area (Å²) in [6, 6.07) is 7.30. The van der Waals surface area contributed by atoms with E-state index >= 15 is 0 Å². The number of nitrogens with one attached hydrogen (secondary N) is 1. The summed E-state index contributed by atoms with van der Waals surface area (Å²) >= 11 is 0. The Hall–Kier alpha value is -2.37. The van der Waals surface area contributed by atoms with Gasteiger partial charge in [0, 0.05) is 18.7 Å². The maximum Gasteiger partial charge on any atom is 0.325 e. The van der Waals surface area contributed by atoms with Crippen molar-refractivity contribution in [1.82, 2.24) is 10.2 Å². The molecular weight excluding hydrogens is 344 g/mol. The second kappa shape index (κ2) is 9.53. The smallest absolute Gasteiger partial charge is 0.325 e. The van der Waals surface area contributed by atoms with Gasteiger partial charge in [0.05, 0.1) is 0 Å². The molecule has 1 fully saturated rings. The molecule has 0 spiro atoms. The molecule has 0 bridgehead atoms. The summed E-state index contributed by atoms with van der Waals surface area (Å²) in [7, 11) is 0. The van der Waals surface area contributed by atoms with Crippen LogP contribution >= 0.6 is 0 Å². The van der Waals surface area contributed by atoms with Crippen LogP contribution in [0.2, 0.25) is 0 Å². The molecule has 0 atom stereocenters. The quantitative estimate of drug-likeness (QED) is 0.804. The van der Waals surface area contributed by atoms with Crippen molar-refractivity contribution in [3.8, 4) is 0 Å². The summed E-state index contributed by atoms with van der Waals surface area (Å²) in [5.74, 6) is -1.13. The van der Waals surface area contributed by atoms with Crippen LogP contribution in [0.15, 0.2) is 24.3 Å². The molecule has 1 aromatic rings. The Morgan fingerprint density at radius 2 is 1.59 bits per heavy atom. The van der Waals surface area contributed by atoms with Gasteiger partial charge in [0.2, 0.25) is 0 Å². The third kappa shape index (κ3) is 6.70. The van der Waals surface area contributed by atoms with Crippen LogP contribution < -0.4 is 5.32 Å². The van der Waals surface area contributed by atoms with Crippen LogP contribution in [0, 0.1) is 0 Å². The van der Waals surface area contributed by atoms with Gasteiger partial charge >= 0.3 is 5.97 Å². The number of benzene rings is 1. The van der Waals surface area contributed by atoms with Crippen LogP contribution in [-0.2, 0) is 19.7 Å². The second-order valence-electron chi connectivity index (χ2n) is 7.97. The summed E-state index contributed by atoms with van der Waals surface area (Å²) in [5.41, 5.74) is 1.63. The lowest BCUT2D eigenvalue weighted by Gasteiger charge is -2.20. The molecule has 0 aliphatic carbocycles. The fourth-order valence-electron chi connectivity index (χ4n) is 2.98. The second-order valence-corrected chi connectivity index (χ2v) is 7.97. The van der Waals surface area contributed by atoms with E-state index in [-0.39, 0.29) is 30.4 Å². The minimum absolute atomic E-state index is 0.0126. The predicted octanol–water partition coefficient (Wildman–Crippen LogP) is 2.66. The van der Waals surface area contributed by atoms with Crippen LogP contribution in [0.4, 0.5) is 0 Å². The lowest BCUT2D eigenvalue weighted by Crippen LogP contribution is -2.37. The number of carbonyl (C=O) groups excluding carboxylic acids is 3. The Labute approximate surface area is 161 Å². The van der Waals surface area contributed by atoms with E-state index in [9.17, 15) is 14.4 Å². The van der Waals surface area contributed by atoms with Gasteiger partial charge in [-0.3, -0.25) is 14.4 Å². The Morgan fingerprint density at radius 1 is 1.00 bits per heavy atom. The van der Waals surface area contributed by atoms with Crippen LogP contribution in [0.5, 0.6) is 0 Å². The molecule has 0 radical (unpaired) electrons. The molecule has 1 N–H and O–H groups in total. The van der Waals surface area contributed by atoms with Gasteiger partial charge in [-0.1, -0.05) is 45.7 Å². The molecular formula is C21H30N2O4. The maximum atomic E-state index is 12.1. The number of likely N-dealkylation sites (tertiary alicyclic amines) is 1. The minimum atomic E-state index is -0.613. The van der Waals surface area contributed by atoms with Gasteiger partial charge < -0.3 is 15.0 Å². The highest BCUT2D eigenvalue weighted by molar-refractivity contribution is 5.96. The Bertz CT molecular complexity index is 654. The minimum Gasteiger partial charge on any atom is -0.454 e. The molecule has 2 rings (SSSR count). The van der Waals surface area contributed by atoms with Gasteiger partial charge in [0.15, 0.2) is 6.61 Å². The summed E-state index contributed by atoms with van der Waals surface area (Å²) in [5, 5.41) is 2.53. The van der Waals surface area contributed by atoms with Crippen molar-refractivity contribution >= 4 is 17.8 Å². The molecule has 0 unspecified atom stereocenters. The molecule has 27 heavy (non-hydrogen) atoms. The van der Waals surface area contributed by atoms with Crippen molar-refractivity contribution in [2.45, 2.75) is 51.9 Å². The monoisotopic (exact) mass is 374 g/mol. The number of nitrogens with zero attached hydrogens (tertiary/aromatic N) is 1. The van der Waals surface area contributed by atoms with Crippen LogP contribution in [-0.4, -0.2) is 48.9 Å². The topological polar surface area (TPSA) is 75.7 Å². The third-order valence-electron chi connectivity index (χ3n) is 4.72. The Kier molecular flexibility index (Phi) is 7.39. The summed E-state index contributed by atoms with van der Waals surface area (Å²) in [6.45, 7) is 7.22. The molecule has 1 aromatic carbocycles. The largest absolute Gasteiger partial charge is 0.454 e. The molecule has 1 heterocycles. The van der Waals surface area contributed by atoms with E-state index in [1.54, 1.807) is 17.0 Å². The number of ether oxygens (including phenoxy) is 1. The first kappa shape index (κ1) is 20.9. The van der Waals surface area contributed by atoms with Crippen molar-refractivity contribution in [2.24, 2.45) is 0 Å². The van der Waals surface area contributed by atoms with E-state index in [0.29, 0.717) is 5.56 Å². The lowest BCUT2D eigenvalue weighted by atomic mass is 9.87. The first-order valence-electron chi connectivity index (χ1n) is 9.59. The van der Waals surface area contributed by atoms with E-state index in [0.717, 1.165) is 44.3 Å². The van der Waals surface area contributed by atoms with Gasteiger partial charge in [-0.05, 0) is 36.0 Å². The summed E-state index contributed by atoms with van der Waals surface area (Å²) in [4.78, 5) is 37.8. The van der Waals surface area contributed by atoms with Crippen molar-refractivity contribution in [2.75, 3.05) is 26.2 Å². The molecule has 2 amide bonds. The van der Waals surface area contributed by atoms with Crippen molar-refractivity contribution in [3.63, 3.8) is 0 Å². The standard InChI is InChI=1S/C21H30N2O4/c1-21(2,3)17-10-8-16(9-11-17)20(26)22-14-19(25)27-15-18(24)23-12-6-4-5-7-13-23/h8-11H,4-7,12-15H2,1-3H3,(H,22,26). The van der Waals surface area contributed by atoms with Crippen molar-refractivity contribution < 1.29 is 19.1 Å². The zero-order chi connectivity index (χ0) is 19.9. The number of carbonyl (C=O) groups is 3. The van der Waals surface area contributed by atoms with Gasteiger partial charge in [-0.25, -0.2) is 0 Å². The average molecular weight is 374 g/mol. The van der Waals surface area contributed by atoms with Crippen LogP contribution in [0.1, 0.15) is 62.4 Å². The number of amides is 2. The fraction of sp³-hybridized carbons (Fsp3) is 0.571. The number of hydrogen-bond donors (Lipinski definition) is 1. The molecule has 148 valence electrons. The average Bonchev–Trinajstić information content (AvgIpc) is 2.93. The highest BCUT2D eigenvalue weighted by Crippen LogP contribution is 2.22. The zero-order valence-electron chi connectivity index (χ0n) is 16.5. The third-order valence-corrected chi connectivity index (χ3v) is 4.72. The van der Waals surface area contributed by atoms with E-state index in [1.807, 2.05) is 12.1 Å². The van der Waals surface area contributed by atoms with Crippen molar-refractivity contribution in [1.29, 1.82) is 0 Å². The predicted molar refractivity (Wildman–Crippen MR) is 103 cm³/mol. The van der Waals surface area contributed by atoms with E-state index < -0.39 is 5.97 Å². The molecule has 1 aliphatic rings. The number of rotatable bonds is 5. The first-order valence-corrected chi connectivity index (χ1v) is 9.59. The van der Waals surface area contributed by atoms with Crippen LogP contribution in [0.25, 0.3) is 0 Å². The van der Waals surface area contributed by atoms with E-state index in [2.05, 4.69) is 26.1 Å². The lowest BCUT2D eigenvalue weighted by molar-refractivity contribution is -0.151. The molecule has 6 nitrogen and oxygen atoms in total. The van der Waals surface area contributed by atoms with E-state index in [4.69, 9.17) is 4.74 Å². The molecule has 6 heteroatoms. The SMILES string of the molecule is CC(C)(C)c1ccc(C(=O)NCC(=O)OCC(=O)N2CCCCCC2)cc1. The fourth-order valence-corrected chi connectivity index (χ4v) is 2.98. The van der Waals surface area contributed by atoms with Gasteiger partial charge in [-0.15, -0.1) is 0 Å². The van der Waals surface area contributed by atoms with Crippen molar-refractivity contribution in [3.05, 3.63) is 35.4 Å². The van der Waals surface area contributed by atoms with Gasteiger partial charge in [-0.2, -0.15) is 0 Å². The number of hydrogen-bond acceptors (Lipinski definition) is 4. The summed E-state index contributed by atoms with van der Waals surface area (Å²) < 4.78 is 5.00. The maximum absolute atomic E-state index is 12.1. The highest BCUT2D eigenvalue weighted by atomic mass is 16.5. The highest BCUT2D eigenvalue weighted by Gasteiger charge is 2.18. The molecule has 1 saturated heterocycles. The zero-order valence-corrected chi connectivity index (χ0v) is 16.5. The van der Waals surface area contributed by atoms with Gasteiger partial charge in [0.1, 0.15) is 6.54 Å². The normalized spacial score (nSPS) is 15.0. The van der Waals surface area contributed by atoms with Gasteiger partial charge in [0.25, 0.3) is 11.8 Å².